The number of aromatic nitrogens is 1. The van der Waals surface area contributed by atoms with E-state index in [1.807, 2.05) is 6.92 Å². The Kier molecular flexibility index (Phi) is 5.02. The minimum atomic E-state index is -1.31. The van der Waals surface area contributed by atoms with Crippen LogP contribution >= 0.6 is 0 Å². The molecule has 1 atom stereocenters. The first kappa shape index (κ1) is 15.1. The third-order valence-corrected chi connectivity index (χ3v) is 2.37. The molecule has 1 aromatic rings. The summed E-state index contributed by atoms with van der Waals surface area (Å²) in [6.07, 6.45) is 0. The van der Waals surface area contributed by atoms with Gasteiger partial charge in [-0.3, -0.25) is 10.1 Å². The van der Waals surface area contributed by atoms with Crippen LogP contribution in [0.5, 0.6) is 0 Å². The molecule has 0 aliphatic heterocycles. The van der Waals surface area contributed by atoms with E-state index in [0.29, 0.717) is 12.4 Å². The highest BCUT2D eigenvalue weighted by atomic mass is 16.6. The minimum Gasteiger partial charge on any atom is -0.393 e. The van der Waals surface area contributed by atoms with Gasteiger partial charge in [-0.1, -0.05) is 0 Å². The zero-order valence-electron chi connectivity index (χ0n) is 10.9. The summed E-state index contributed by atoms with van der Waals surface area (Å²) in [6, 6.07) is 2.60. The molecule has 19 heavy (non-hydrogen) atoms. The minimum absolute atomic E-state index is 0.0310. The van der Waals surface area contributed by atoms with Crippen LogP contribution in [0.1, 0.15) is 13.8 Å². The van der Waals surface area contributed by atoms with Gasteiger partial charge in [0.05, 0.1) is 23.7 Å². The predicted octanol–water partition coefficient (Wildman–Crippen LogP) is 0.577. The van der Waals surface area contributed by atoms with E-state index >= 15 is 0 Å². The lowest BCUT2D eigenvalue weighted by atomic mass is 10.1. The molecule has 0 aliphatic carbocycles. The molecular formula is C11H18N4O4. The van der Waals surface area contributed by atoms with Crippen molar-refractivity contribution in [3.05, 3.63) is 22.2 Å². The number of aliphatic hydroxyl groups is 2. The van der Waals surface area contributed by atoms with Crippen LogP contribution in [0.15, 0.2) is 12.1 Å². The average molecular weight is 270 g/mol. The van der Waals surface area contributed by atoms with Crippen LogP contribution < -0.4 is 10.6 Å². The summed E-state index contributed by atoms with van der Waals surface area (Å²) in [4.78, 5) is 14.4. The van der Waals surface area contributed by atoms with Crippen molar-refractivity contribution >= 4 is 17.3 Å². The van der Waals surface area contributed by atoms with Crippen molar-refractivity contribution in [3.8, 4) is 0 Å². The Hall–Kier alpha value is -1.93. The number of nitro groups is 1. The number of nitrogens with one attached hydrogen (secondary N) is 2. The second-order valence-corrected chi connectivity index (χ2v) is 4.39. The van der Waals surface area contributed by atoms with Gasteiger partial charge in [-0.25, -0.2) is 4.98 Å². The molecule has 0 aliphatic rings. The van der Waals surface area contributed by atoms with Gasteiger partial charge in [-0.05, 0) is 13.8 Å². The maximum atomic E-state index is 10.8. The maximum Gasteiger partial charge on any atom is 0.276 e. The highest BCUT2D eigenvalue weighted by Gasteiger charge is 2.19. The number of pyridine rings is 1. The predicted molar refractivity (Wildman–Crippen MR) is 71.3 cm³/mol. The molecule has 0 bridgehead atoms. The van der Waals surface area contributed by atoms with Crippen LogP contribution in [0.2, 0.25) is 0 Å². The summed E-state index contributed by atoms with van der Waals surface area (Å²) >= 11 is 0. The first-order chi connectivity index (χ1) is 8.88. The monoisotopic (exact) mass is 270 g/mol. The topological polar surface area (TPSA) is 121 Å². The van der Waals surface area contributed by atoms with E-state index in [9.17, 15) is 15.2 Å². The molecule has 1 heterocycles. The quantitative estimate of drug-likeness (QED) is 0.422. The van der Waals surface area contributed by atoms with Crippen LogP contribution in [0, 0.1) is 10.1 Å². The number of rotatable bonds is 7. The van der Waals surface area contributed by atoms with Gasteiger partial charge in [0, 0.05) is 13.1 Å². The second kappa shape index (κ2) is 6.30. The summed E-state index contributed by atoms with van der Waals surface area (Å²) < 4.78 is 0. The van der Waals surface area contributed by atoms with Crippen molar-refractivity contribution in [1.82, 2.24) is 4.98 Å². The zero-order chi connectivity index (χ0) is 14.5. The number of anilines is 2. The van der Waals surface area contributed by atoms with E-state index in [1.54, 1.807) is 0 Å². The first-order valence-electron chi connectivity index (χ1n) is 5.85. The average Bonchev–Trinajstić information content (AvgIpc) is 2.37. The summed E-state index contributed by atoms with van der Waals surface area (Å²) in [5, 5.41) is 35.0. The number of aliphatic hydroxyl groups excluding tert-OH is 1. The lowest BCUT2D eigenvalue weighted by molar-refractivity contribution is -0.384. The second-order valence-electron chi connectivity index (χ2n) is 4.39. The summed E-state index contributed by atoms with van der Waals surface area (Å²) in [6.45, 7) is 3.49. The Balaban J connectivity index is 2.90. The van der Waals surface area contributed by atoms with Crippen LogP contribution in [-0.4, -0.2) is 45.4 Å². The van der Waals surface area contributed by atoms with Crippen molar-refractivity contribution in [1.29, 1.82) is 0 Å². The van der Waals surface area contributed by atoms with Gasteiger partial charge in [0.2, 0.25) is 0 Å². The standard InChI is InChI=1S/C11H18N4O4/c1-3-12-9-4-8(15(18)19)5-10(14-9)13-6-11(2,17)7-16/h4-5,16-17H,3,6-7H2,1-2H3,(H2,12,13,14). The largest absolute Gasteiger partial charge is 0.393 e. The Morgan fingerprint density at radius 2 is 2.00 bits per heavy atom. The molecule has 4 N–H and O–H groups in total. The molecule has 0 amide bonds. The molecule has 0 saturated heterocycles. The van der Waals surface area contributed by atoms with Gasteiger partial charge in [-0.15, -0.1) is 0 Å². The summed E-state index contributed by atoms with van der Waals surface area (Å²) in [5.41, 5.74) is -1.41. The van der Waals surface area contributed by atoms with Crippen molar-refractivity contribution in [2.24, 2.45) is 0 Å². The molecule has 0 aromatic carbocycles. The van der Waals surface area contributed by atoms with E-state index < -0.39 is 17.1 Å². The van der Waals surface area contributed by atoms with Gasteiger partial charge < -0.3 is 20.8 Å². The molecule has 1 unspecified atom stereocenters. The van der Waals surface area contributed by atoms with E-state index in [1.165, 1.54) is 19.1 Å². The van der Waals surface area contributed by atoms with Crippen LogP contribution in [-0.2, 0) is 0 Å². The Bertz CT molecular complexity index is 450. The molecule has 1 aromatic heterocycles. The van der Waals surface area contributed by atoms with E-state index in [0.717, 1.165) is 0 Å². The van der Waals surface area contributed by atoms with Gasteiger partial charge in [-0.2, -0.15) is 0 Å². The third-order valence-electron chi connectivity index (χ3n) is 2.37. The van der Waals surface area contributed by atoms with Crippen LogP contribution in [0.3, 0.4) is 0 Å². The molecule has 0 saturated carbocycles. The van der Waals surface area contributed by atoms with Crippen LogP contribution in [0.4, 0.5) is 17.3 Å². The Labute approximate surface area is 110 Å². The van der Waals surface area contributed by atoms with Crippen LogP contribution in [0.25, 0.3) is 0 Å². The van der Waals surface area contributed by atoms with E-state index in [2.05, 4.69) is 15.6 Å². The lowest BCUT2D eigenvalue weighted by Gasteiger charge is -2.21. The van der Waals surface area contributed by atoms with Gasteiger partial charge in [0.25, 0.3) is 5.69 Å². The van der Waals surface area contributed by atoms with E-state index in [4.69, 9.17) is 5.11 Å². The fraction of sp³-hybridized carbons (Fsp3) is 0.545. The molecule has 8 nitrogen and oxygen atoms in total. The molecule has 1 rings (SSSR count). The van der Waals surface area contributed by atoms with Gasteiger partial charge in [0.15, 0.2) is 0 Å². The third kappa shape index (κ3) is 4.68. The van der Waals surface area contributed by atoms with Gasteiger partial charge in [0.1, 0.15) is 17.2 Å². The SMILES string of the molecule is CCNc1cc([N+](=O)[O-])cc(NCC(C)(O)CO)n1. The summed E-state index contributed by atoms with van der Waals surface area (Å²) in [7, 11) is 0. The molecule has 0 fully saturated rings. The van der Waals surface area contributed by atoms with Crippen molar-refractivity contribution < 1.29 is 15.1 Å². The number of hydrogen-bond donors (Lipinski definition) is 4. The zero-order valence-corrected chi connectivity index (χ0v) is 10.9. The summed E-state index contributed by atoms with van der Waals surface area (Å²) in [5.74, 6) is 0.640. The van der Waals surface area contributed by atoms with E-state index in [-0.39, 0.29) is 18.1 Å². The first-order valence-corrected chi connectivity index (χ1v) is 5.85. The highest BCUT2D eigenvalue weighted by Crippen LogP contribution is 2.21. The van der Waals surface area contributed by atoms with Crippen molar-refractivity contribution in [2.75, 3.05) is 30.3 Å². The molecular weight excluding hydrogens is 252 g/mol. The lowest BCUT2D eigenvalue weighted by Crippen LogP contribution is -2.37. The smallest absolute Gasteiger partial charge is 0.276 e. The van der Waals surface area contributed by atoms with Crippen molar-refractivity contribution in [2.45, 2.75) is 19.4 Å². The maximum absolute atomic E-state index is 10.8. The fourth-order valence-electron chi connectivity index (χ4n) is 1.32. The highest BCUT2D eigenvalue weighted by molar-refractivity contribution is 5.54. The molecule has 106 valence electrons. The molecule has 8 heteroatoms. The number of hydrogen-bond acceptors (Lipinski definition) is 7. The molecule has 0 radical (unpaired) electrons. The van der Waals surface area contributed by atoms with Crippen molar-refractivity contribution in [3.63, 3.8) is 0 Å². The Morgan fingerprint density at radius 1 is 1.42 bits per heavy atom. The molecule has 0 spiro atoms. The normalized spacial score (nSPS) is 13.7. The number of nitrogens with zero attached hydrogens (tertiary/aromatic N) is 2. The fourth-order valence-corrected chi connectivity index (χ4v) is 1.32. The van der Waals surface area contributed by atoms with Gasteiger partial charge >= 0.3 is 0 Å². The Morgan fingerprint density at radius 3 is 2.47 bits per heavy atom.